The van der Waals surface area contributed by atoms with Gasteiger partial charge in [0.2, 0.25) is 0 Å². The van der Waals surface area contributed by atoms with Gasteiger partial charge in [-0.1, -0.05) is 23.7 Å². The fourth-order valence-corrected chi connectivity index (χ4v) is 2.54. The SMILES string of the molecule is CN1CC[C@@H](c2ccc(Cl)cc2)[C@H](C=O)C1. The first-order valence-electron chi connectivity index (χ1n) is 5.60. The zero-order valence-electron chi connectivity index (χ0n) is 9.40. The van der Waals surface area contributed by atoms with Crippen molar-refractivity contribution in [3.63, 3.8) is 0 Å². The lowest BCUT2D eigenvalue weighted by molar-refractivity contribution is -0.113. The molecule has 1 saturated heterocycles. The van der Waals surface area contributed by atoms with Crippen molar-refractivity contribution in [2.24, 2.45) is 5.92 Å². The molecule has 0 aromatic heterocycles. The van der Waals surface area contributed by atoms with E-state index in [4.69, 9.17) is 11.6 Å². The van der Waals surface area contributed by atoms with Crippen molar-refractivity contribution in [1.29, 1.82) is 0 Å². The Hall–Kier alpha value is -0.860. The molecular formula is C13H16ClNO. The third-order valence-electron chi connectivity index (χ3n) is 3.33. The molecule has 1 fully saturated rings. The molecule has 1 aromatic rings. The summed E-state index contributed by atoms with van der Waals surface area (Å²) in [5, 5.41) is 0.749. The molecule has 0 saturated carbocycles. The first kappa shape index (κ1) is 11.6. The van der Waals surface area contributed by atoms with Gasteiger partial charge in [0.1, 0.15) is 6.29 Å². The number of carbonyl (C=O) groups is 1. The molecule has 1 aromatic carbocycles. The number of aldehydes is 1. The molecule has 16 heavy (non-hydrogen) atoms. The largest absolute Gasteiger partial charge is 0.306 e. The number of rotatable bonds is 2. The van der Waals surface area contributed by atoms with Gasteiger partial charge in [0.05, 0.1) is 0 Å². The second-order valence-corrected chi connectivity index (χ2v) is 4.95. The number of likely N-dealkylation sites (tertiary alicyclic amines) is 1. The molecule has 0 radical (unpaired) electrons. The Kier molecular flexibility index (Phi) is 3.62. The molecule has 0 N–H and O–H groups in total. The molecule has 0 amide bonds. The third kappa shape index (κ3) is 2.45. The molecule has 3 heteroatoms. The van der Waals surface area contributed by atoms with Crippen LogP contribution in [0.4, 0.5) is 0 Å². The van der Waals surface area contributed by atoms with E-state index in [0.29, 0.717) is 5.92 Å². The average molecular weight is 238 g/mol. The van der Waals surface area contributed by atoms with Crippen LogP contribution in [0, 0.1) is 5.92 Å². The quantitative estimate of drug-likeness (QED) is 0.737. The number of piperidine rings is 1. The molecule has 1 aliphatic heterocycles. The van der Waals surface area contributed by atoms with Gasteiger partial charge in [-0.25, -0.2) is 0 Å². The summed E-state index contributed by atoms with van der Waals surface area (Å²) in [6.07, 6.45) is 2.14. The Labute approximate surface area is 101 Å². The highest BCUT2D eigenvalue weighted by Gasteiger charge is 2.28. The van der Waals surface area contributed by atoms with Crippen LogP contribution in [-0.2, 0) is 4.79 Å². The summed E-state index contributed by atoms with van der Waals surface area (Å²) in [5.41, 5.74) is 1.23. The lowest BCUT2D eigenvalue weighted by Gasteiger charge is -2.34. The fraction of sp³-hybridized carbons (Fsp3) is 0.462. The van der Waals surface area contributed by atoms with Crippen LogP contribution in [0.1, 0.15) is 17.9 Å². The van der Waals surface area contributed by atoms with Gasteiger partial charge in [0.15, 0.2) is 0 Å². The van der Waals surface area contributed by atoms with Gasteiger partial charge in [0, 0.05) is 17.5 Å². The second kappa shape index (κ2) is 4.98. The minimum Gasteiger partial charge on any atom is -0.306 e. The summed E-state index contributed by atoms with van der Waals surface area (Å²) in [5.74, 6) is 0.464. The zero-order chi connectivity index (χ0) is 11.5. The van der Waals surface area contributed by atoms with E-state index in [9.17, 15) is 4.79 Å². The first-order valence-corrected chi connectivity index (χ1v) is 5.98. The van der Waals surface area contributed by atoms with Crippen LogP contribution in [-0.4, -0.2) is 31.3 Å². The van der Waals surface area contributed by atoms with Crippen LogP contribution in [0.2, 0.25) is 5.02 Å². The van der Waals surface area contributed by atoms with Gasteiger partial charge in [0.25, 0.3) is 0 Å². The molecular weight excluding hydrogens is 222 g/mol. The van der Waals surface area contributed by atoms with E-state index in [1.54, 1.807) is 0 Å². The lowest BCUT2D eigenvalue weighted by Crippen LogP contribution is -2.37. The summed E-state index contributed by atoms with van der Waals surface area (Å²) in [6.45, 7) is 1.91. The highest BCUT2D eigenvalue weighted by Crippen LogP contribution is 2.31. The maximum absolute atomic E-state index is 11.1. The molecule has 0 aliphatic carbocycles. The fourth-order valence-electron chi connectivity index (χ4n) is 2.41. The van der Waals surface area contributed by atoms with Crippen molar-refractivity contribution in [2.75, 3.05) is 20.1 Å². The monoisotopic (exact) mass is 237 g/mol. The van der Waals surface area contributed by atoms with Crippen molar-refractivity contribution in [3.05, 3.63) is 34.9 Å². The Balaban J connectivity index is 2.19. The molecule has 1 heterocycles. The van der Waals surface area contributed by atoms with E-state index in [1.807, 2.05) is 24.3 Å². The molecule has 2 atom stereocenters. The predicted octanol–water partition coefficient (Wildman–Crippen LogP) is 2.57. The van der Waals surface area contributed by atoms with Gasteiger partial charge in [-0.3, -0.25) is 0 Å². The van der Waals surface area contributed by atoms with Crippen LogP contribution in [0.15, 0.2) is 24.3 Å². The van der Waals surface area contributed by atoms with Crippen molar-refractivity contribution in [1.82, 2.24) is 4.90 Å². The number of halogens is 1. The molecule has 0 spiro atoms. The number of hydrogen-bond acceptors (Lipinski definition) is 2. The molecule has 1 aliphatic rings. The van der Waals surface area contributed by atoms with E-state index in [2.05, 4.69) is 11.9 Å². The number of benzene rings is 1. The van der Waals surface area contributed by atoms with Crippen LogP contribution < -0.4 is 0 Å². The highest BCUT2D eigenvalue weighted by atomic mass is 35.5. The summed E-state index contributed by atoms with van der Waals surface area (Å²) in [4.78, 5) is 13.3. The Morgan fingerprint density at radius 1 is 1.38 bits per heavy atom. The molecule has 0 unspecified atom stereocenters. The maximum atomic E-state index is 11.1. The van der Waals surface area contributed by atoms with Crippen LogP contribution in [0.25, 0.3) is 0 Å². The standard InChI is InChI=1S/C13H16ClNO/c1-15-7-6-13(11(8-15)9-16)10-2-4-12(14)5-3-10/h2-5,9,11,13H,6-8H2,1H3/t11-,13-/m0/s1. The van der Waals surface area contributed by atoms with E-state index in [0.717, 1.165) is 30.8 Å². The van der Waals surface area contributed by atoms with E-state index in [1.165, 1.54) is 5.56 Å². The number of hydrogen-bond donors (Lipinski definition) is 0. The van der Waals surface area contributed by atoms with E-state index >= 15 is 0 Å². The minimum atomic E-state index is 0.111. The van der Waals surface area contributed by atoms with Crippen LogP contribution in [0.3, 0.4) is 0 Å². The second-order valence-electron chi connectivity index (χ2n) is 4.51. The van der Waals surface area contributed by atoms with Crippen molar-refractivity contribution in [2.45, 2.75) is 12.3 Å². The Bertz CT molecular complexity index is 363. The molecule has 2 nitrogen and oxygen atoms in total. The molecule has 0 bridgehead atoms. The van der Waals surface area contributed by atoms with Crippen LogP contribution in [0.5, 0.6) is 0 Å². The van der Waals surface area contributed by atoms with Crippen LogP contribution >= 0.6 is 11.6 Å². The first-order chi connectivity index (χ1) is 7.70. The normalized spacial score (nSPS) is 26.6. The molecule has 86 valence electrons. The van der Waals surface area contributed by atoms with E-state index in [-0.39, 0.29) is 5.92 Å². The topological polar surface area (TPSA) is 20.3 Å². The van der Waals surface area contributed by atoms with Gasteiger partial charge in [-0.15, -0.1) is 0 Å². The maximum Gasteiger partial charge on any atom is 0.124 e. The van der Waals surface area contributed by atoms with Crippen molar-refractivity contribution < 1.29 is 4.79 Å². The Morgan fingerprint density at radius 2 is 2.06 bits per heavy atom. The lowest BCUT2D eigenvalue weighted by atomic mass is 9.81. The smallest absolute Gasteiger partial charge is 0.124 e. The summed E-state index contributed by atoms with van der Waals surface area (Å²) in [7, 11) is 2.06. The van der Waals surface area contributed by atoms with Gasteiger partial charge < -0.3 is 9.69 Å². The molecule has 2 rings (SSSR count). The zero-order valence-corrected chi connectivity index (χ0v) is 10.2. The van der Waals surface area contributed by atoms with Crippen molar-refractivity contribution in [3.8, 4) is 0 Å². The van der Waals surface area contributed by atoms with E-state index < -0.39 is 0 Å². The predicted molar refractivity (Wildman–Crippen MR) is 65.9 cm³/mol. The highest BCUT2D eigenvalue weighted by molar-refractivity contribution is 6.30. The van der Waals surface area contributed by atoms with Gasteiger partial charge >= 0.3 is 0 Å². The summed E-state index contributed by atoms with van der Waals surface area (Å²) < 4.78 is 0. The summed E-state index contributed by atoms with van der Waals surface area (Å²) >= 11 is 5.87. The van der Waals surface area contributed by atoms with Gasteiger partial charge in [-0.05, 0) is 43.6 Å². The van der Waals surface area contributed by atoms with Gasteiger partial charge in [-0.2, -0.15) is 0 Å². The number of nitrogens with zero attached hydrogens (tertiary/aromatic N) is 1. The average Bonchev–Trinajstić information content (AvgIpc) is 2.30. The van der Waals surface area contributed by atoms with Crippen molar-refractivity contribution >= 4 is 17.9 Å². The third-order valence-corrected chi connectivity index (χ3v) is 3.59. The minimum absolute atomic E-state index is 0.111. The number of carbonyl (C=O) groups excluding carboxylic acids is 1. The Morgan fingerprint density at radius 3 is 2.69 bits per heavy atom. The summed E-state index contributed by atoms with van der Waals surface area (Å²) in [6, 6.07) is 7.87.